The molecular formula is C12H16ClFN2. The highest BCUT2D eigenvalue weighted by Gasteiger charge is 2.20. The Bertz CT molecular complexity index is 362. The van der Waals surface area contributed by atoms with Crippen molar-refractivity contribution in [3.63, 3.8) is 0 Å². The van der Waals surface area contributed by atoms with E-state index < -0.39 is 0 Å². The van der Waals surface area contributed by atoms with Crippen LogP contribution in [0.5, 0.6) is 0 Å². The molecule has 0 unspecified atom stereocenters. The number of anilines is 1. The van der Waals surface area contributed by atoms with E-state index in [0.717, 1.165) is 25.9 Å². The average molecular weight is 243 g/mol. The van der Waals surface area contributed by atoms with Crippen LogP contribution in [0.1, 0.15) is 12.8 Å². The molecule has 0 aliphatic carbocycles. The summed E-state index contributed by atoms with van der Waals surface area (Å²) >= 11 is 5.89. The van der Waals surface area contributed by atoms with E-state index in [0.29, 0.717) is 16.8 Å². The van der Waals surface area contributed by atoms with Crippen LogP contribution in [-0.2, 0) is 0 Å². The number of nitrogens with zero attached hydrogens (tertiary/aromatic N) is 1. The van der Waals surface area contributed by atoms with Gasteiger partial charge in [-0.25, -0.2) is 4.39 Å². The van der Waals surface area contributed by atoms with Crippen LogP contribution in [0.25, 0.3) is 0 Å². The molecular weight excluding hydrogens is 227 g/mol. The molecule has 2 rings (SSSR count). The fraction of sp³-hybridized carbons (Fsp3) is 0.500. The summed E-state index contributed by atoms with van der Waals surface area (Å²) in [6.07, 6.45) is 2.09. The van der Waals surface area contributed by atoms with Gasteiger partial charge in [0.2, 0.25) is 0 Å². The Morgan fingerprint density at radius 3 is 2.69 bits per heavy atom. The summed E-state index contributed by atoms with van der Waals surface area (Å²) in [6.45, 7) is 1.76. The van der Waals surface area contributed by atoms with Gasteiger partial charge in [0.05, 0.1) is 5.69 Å². The normalized spacial score (nSPS) is 17.8. The molecule has 0 atom stereocenters. The van der Waals surface area contributed by atoms with Crippen LogP contribution in [0.15, 0.2) is 18.2 Å². The summed E-state index contributed by atoms with van der Waals surface area (Å²) in [7, 11) is 1.97. The summed E-state index contributed by atoms with van der Waals surface area (Å²) in [6, 6.07) is 5.28. The maximum Gasteiger partial charge on any atom is 0.146 e. The highest BCUT2D eigenvalue weighted by molar-refractivity contribution is 6.30. The molecule has 1 aliphatic heterocycles. The molecule has 0 aromatic heterocycles. The molecule has 1 heterocycles. The number of benzene rings is 1. The first-order valence-electron chi connectivity index (χ1n) is 5.58. The van der Waals surface area contributed by atoms with Gasteiger partial charge in [0, 0.05) is 24.2 Å². The smallest absolute Gasteiger partial charge is 0.146 e. The lowest BCUT2D eigenvalue weighted by molar-refractivity contribution is 0.439. The number of piperidine rings is 1. The van der Waals surface area contributed by atoms with E-state index in [2.05, 4.69) is 10.2 Å². The van der Waals surface area contributed by atoms with Crippen molar-refractivity contribution in [2.24, 2.45) is 0 Å². The van der Waals surface area contributed by atoms with Gasteiger partial charge >= 0.3 is 0 Å². The van der Waals surface area contributed by atoms with Crippen LogP contribution in [-0.4, -0.2) is 26.2 Å². The van der Waals surface area contributed by atoms with E-state index in [-0.39, 0.29) is 5.82 Å². The van der Waals surface area contributed by atoms with Gasteiger partial charge in [-0.15, -0.1) is 0 Å². The Kier molecular flexibility index (Phi) is 3.66. The van der Waals surface area contributed by atoms with Gasteiger partial charge in [0.15, 0.2) is 0 Å². The summed E-state index contributed by atoms with van der Waals surface area (Å²) in [4.78, 5) is 2.06. The standard InChI is InChI=1S/C12H16ClFN2/c1-15-10-4-6-16(7-5-10)12-8-9(13)2-3-11(12)14/h2-3,8,10,15H,4-7H2,1H3. The monoisotopic (exact) mass is 242 g/mol. The molecule has 0 amide bonds. The number of rotatable bonds is 2. The van der Waals surface area contributed by atoms with Crippen LogP contribution < -0.4 is 10.2 Å². The highest BCUT2D eigenvalue weighted by Crippen LogP contribution is 2.26. The Hall–Kier alpha value is -0.800. The minimum absolute atomic E-state index is 0.188. The molecule has 0 bridgehead atoms. The van der Waals surface area contributed by atoms with E-state index in [1.54, 1.807) is 12.1 Å². The van der Waals surface area contributed by atoms with Crippen molar-refractivity contribution in [2.45, 2.75) is 18.9 Å². The van der Waals surface area contributed by atoms with Gasteiger partial charge in [-0.2, -0.15) is 0 Å². The molecule has 88 valence electrons. The van der Waals surface area contributed by atoms with Crippen molar-refractivity contribution in [1.29, 1.82) is 0 Å². The van der Waals surface area contributed by atoms with Crippen LogP contribution in [0.3, 0.4) is 0 Å². The minimum Gasteiger partial charge on any atom is -0.369 e. The molecule has 16 heavy (non-hydrogen) atoms. The molecule has 1 aromatic carbocycles. The van der Waals surface area contributed by atoms with Crippen molar-refractivity contribution in [2.75, 3.05) is 25.0 Å². The topological polar surface area (TPSA) is 15.3 Å². The zero-order valence-corrected chi connectivity index (χ0v) is 10.1. The van der Waals surface area contributed by atoms with Crippen molar-refractivity contribution in [3.8, 4) is 0 Å². The maximum absolute atomic E-state index is 13.6. The summed E-state index contributed by atoms with van der Waals surface area (Å²) in [5.74, 6) is -0.188. The first-order valence-corrected chi connectivity index (χ1v) is 5.96. The molecule has 1 fully saturated rings. The largest absolute Gasteiger partial charge is 0.369 e. The second-order valence-electron chi connectivity index (χ2n) is 4.15. The van der Waals surface area contributed by atoms with E-state index in [1.165, 1.54) is 6.07 Å². The third-order valence-corrected chi connectivity index (χ3v) is 3.39. The first-order chi connectivity index (χ1) is 7.70. The molecule has 2 nitrogen and oxygen atoms in total. The van der Waals surface area contributed by atoms with Gasteiger partial charge in [-0.3, -0.25) is 0 Å². The quantitative estimate of drug-likeness (QED) is 0.858. The fourth-order valence-electron chi connectivity index (χ4n) is 2.14. The van der Waals surface area contributed by atoms with Gasteiger partial charge in [-0.1, -0.05) is 11.6 Å². The van der Waals surface area contributed by atoms with E-state index in [9.17, 15) is 4.39 Å². The molecule has 4 heteroatoms. The predicted molar refractivity (Wildman–Crippen MR) is 65.7 cm³/mol. The van der Waals surface area contributed by atoms with Gasteiger partial charge < -0.3 is 10.2 Å². The zero-order chi connectivity index (χ0) is 11.5. The lowest BCUT2D eigenvalue weighted by atomic mass is 10.0. The Morgan fingerprint density at radius 1 is 1.38 bits per heavy atom. The van der Waals surface area contributed by atoms with Crippen molar-refractivity contribution in [3.05, 3.63) is 29.0 Å². The number of hydrogen-bond donors (Lipinski definition) is 1. The molecule has 0 saturated carbocycles. The Morgan fingerprint density at radius 2 is 2.06 bits per heavy atom. The SMILES string of the molecule is CNC1CCN(c2cc(Cl)ccc2F)CC1. The third kappa shape index (κ3) is 2.47. The van der Waals surface area contributed by atoms with Gasteiger partial charge in [-0.05, 0) is 38.1 Å². The lowest BCUT2D eigenvalue weighted by Gasteiger charge is -2.33. The maximum atomic E-state index is 13.6. The highest BCUT2D eigenvalue weighted by atomic mass is 35.5. The molecule has 1 aliphatic rings. The Balaban J connectivity index is 2.10. The molecule has 1 saturated heterocycles. The van der Waals surface area contributed by atoms with Crippen LogP contribution in [0, 0.1) is 5.82 Å². The molecule has 1 N–H and O–H groups in total. The van der Waals surface area contributed by atoms with Gasteiger partial charge in [0.1, 0.15) is 5.82 Å². The number of nitrogens with one attached hydrogen (secondary N) is 1. The van der Waals surface area contributed by atoms with Gasteiger partial charge in [0.25, 0.3) is 0 Å². The minimum atomic E-state index is -0.188. The molecule has 0 spiro atoms. The van der Waals surface area contributed by atoms with E-state index >= 15 is 0 Å². The lowest BCUT2D eigenvalue weighted by Crippen LogP contribution is -2.41. The summed E-state index contributed by atoms with van der Waals surface area (Å²) in [5, 5.41) is 3.85. The molecule has 0 radical (unpaired) electrons. The zero-order valence-electron chi connectivity index (χ0n) is 9.34. The van der Waals surface area contributed by atoms with Crippen LogP contribution in [0.4, 0.5) is 10.1 Å². The number of halogens is 2. The van der Waals surface area contributed by atoms with Crippen molar-refractivity contribution >= 4 is 17.3 Å². The predicted octanol–water partition coefficient (Wildman–Crippen LogP) is 2.67. The van der Waals surface area contributed by atoms with E-state index in [4.69, 9.17) is 11.6 Å². The summed E-state index contributed by atoms with van der Waals surface area (Å²) < 4.78 is 13.6. The van der Waals surface area contributed by atoms with Crippen LogP contribution in [0.2, 0.25) is 5.02 Å². The van der Waals surface area contributed by atoms with Crippen molar-refractivity contribution < 1.29 is 4.39 Å². The van der Waals surface area contributed by atoms with Crippen LogP contribution >= 0.6 is 11.6 Å². The van der Waals surface area contributed by atoms with E-state index in [1.807, 2.05) is 7.05 Å². The second-order valence-corrected chi connectivity index (χ2v) is 4.58. The Labute approximate surface area is 100 Å². The first kappa shape index (κ1) is 11.7. The number of hydrogen-bond acceptors (Lipinski definition) is 2. The molecule has 1 aromatic rings. The second kappa shape index (κ2) is 5.02. The third-order valence-electron chi connectivity index (χ3n) is 3.15. The summed E-state index contributed by atoms with van der Waals surface area (Å²) in [5.41, 5.74) is 0.627. The average Bonchev–Trinajstić information content (AvgIpc) is 2.32. The van der Waals surface area contributed by atoms with Crippen molar-refractivity contribution in [1.82, 2.24) is 5.32 Å². The fourth-order valence-corrected chi connectivity index (χ4v) is 2.30.